The molecule has 5 rings (SSSR count). The first-order valence-corrected chi connectivity index (χ1v) is 12.3. The van der Waals surface area contributed by atoms with Gasteiger partial charge in [0.15, 0.2) is 0 Å². The van der Waals surface area contributed by atoms with E-state index in [4.69, 9.17) is 4.42 Å². The van der Waals surface area contributed by atoms with Crippen LogP contribution in [0.2, 0.25) is 0 Å². The van der Waals surface area contributed by atoms with Crippen molar-refractivity contribution in [3.63, 3.8) is 0 Å². The van der Waals surface area contributed by atoms with Gasteiger partial charge in [0.05, 0.1) is 11.9 Å². The summed E-state index contributed by atoms with van der Waals surface area (Å²) in [6.07, 6.45) is 6.01. The lowest BCUT2D eigenvalue weighted by atomic mass is 10.0. The van der Waals surface area contributed by atoms with Crippen molar-refractivity contribution in [2.24, 2.45) is 17.8 Å². The van der Waals surface area contributed by atoms with Crippen molar-refractivity contribution in [3.8, 4) is 22.7 Å². The van der Waals surface area contributed by atoms with E-state index < -0.39 is 17.9 Å². The van der Waals surface area contributed by atoms with Crippen LogP contribution in [0.5, 0.6) is 0 Å². The zero-order valence-corrected chi connectivity index (χ0v) is 20.2. The Hall–Kier alpha value is -3.95. The molecule has 0 spiro atoms. The van der Waals surface area contributed by atoms with E-state index in [1.807, 2.05) is 6.07 Å². The van der Waals surface area contributed by atoms with Crippen LogP contribution < -0.4 is 10.6 Å². The number of carboxylic acid groups (broad SMARTS) is 1. The summed E-state index contributed by atoms with van der Waals surface area (Å²) in [6.45, 7) is 3.41. The highest BCUT2D eigenvalue weighted by Gasteiger charge is 2.42. The molecular formula is C26H29N5O5. The number of carbonyl (C=O) groups is 3. The Morgan fingerprint density at radius 1 is 1.03 bits per heavy atom. The van der Waals surface area contributed by atoms with Crippen LogP contribution in [-0.2, 0) is 4.79 Å². The summed E-state index contributed by atoms with van der Waals surface area (Å²) >= 11 is 0. The largest absolute Gasteiger partial charge is 0.480 e. The van der Waals surface area contributed by atoms with Crippen molar-refractivity contribution >= 4 is 17.8 Å². The van der Waals surface area contributed by atoms with Crippen molar-refractivity contribution in [2.75, 3.05) is 0 Å². The number of hydrogen-bond donors (Lipinski definition) is 4. The first kappa shape index (κ1) is 23.8. The molecule has 0 radical (unpaired) electrons. The summed E-state index contributed by atoms with van der Waals surface area (Å²) in [5.41, 5.74) is 2.37. The molecule has 2 aliphatic rings. The van der Waals surface area contributed by atoms with Gasteiger partial charge in [-0.3, -0.25) is 14.7 Å². The van der Waals surface area contributed by atoms with E-state index in [1.165, 1.54) is 31.9 Å². The Morgan fingerprint density at radius 3 is 2.36 bits per heavy atom. The SMILES string of the molecule is CC(C)C(NC(=O)c1cnc(-c2cccc(-c3cc(C(=O)NC(C4CC4)C4CC4)[nH]n3)c2)o1)C(=O)O. The number of nitrogens with one attached hydrogen (secondary N) is 3. The van der Waals surface area contributed by atoms with E-state index >= 15 is 0 Å². The monoisotopic (exact) mass is 491 g/mol. The predicted octanol–water partition coefficient (Wildman–Crippen LogP) is 3.49. The van der Waals surface area contributed by atoms with Crippen molar-refractivity contribution in [1.82, 2.24) is 25.8 Å². The maximum atomic E-state index is 12.8. The van der Waals surface area contributed by atoms with Crippen LogP contribution in [0.15, 0.2) is 40.9 Å². The molecule has 0 saturated heterocycles. The lowest BCUT2D eigenvalue weighted by molar-refractivity contribution is -0.140. The number of aromatic amines is 1. The fourth-order valence-electron chi connectivity index (χ4n) is 4.40. The highest BCUT2D eigenvalue weighted by Crippen LogP contribution is 2.44. The van der Waals surface area contributed by atoms with Crippen LogP contribution in [0.4, 0.5) is 0 Å². The van der Waals surface area contributed by atoms with Gasteiger partial charge in [-0.15, -0.1) is 0 Å². The molecule has 2 amide bonds. The normalized spacial score (nSPS) is 16.2. The topological polar surface area (TPSA) is 150 Å². The molecule has 1 atom stereocenters. The van der Waals surface area contributed by atoms with Gasteiger partial charge in [-0.05, 0) is 61.6 Å². The lowest BCUT2D eigenvalue weighted by Gasteiger charge is -2.16. The van der Waals surface area contributed by atoms with Gasteiger partial charge < -0.3 is 20.2 Å². The first-order chi connectivity index (χ1) is 17.3. The minimum absolute atomic E-state index is 0.0816. The molecule has 2 aliphatic carbocycles. The minimum atomic E-state index is -1.12. The van der Waals surface area contributed by atoms with Gasteiger partial charge in [-0.2, -0.15) is 5.10 Å². The Balaban J connectivity index is 1.28. The summed E-state index contributed by atoms with van der Waals surface area (Å²) in [5.74, 6) is -0.858. The number of carboxylic acids is 1. The Labute approximate surface area is 207 Å². The lowest BCUT2D eigenvalue weighted by Crippen LogP contribution is -2.44. The molecule has 0 aliphatic heterocycles. The van der Waals surface area contributed by atoms with Crippen LogP contribution in [0, 0.1) is 17.8 Å². The molecule has 36 heavy (non-hydrogen) atoms. The number of carbonyl (C=O) groups excluding carboxylic acids is 2. The van der Waals surface area contributed by atoms with Gasteiger partial charge in [-0.25, -0.2) is 9.78 Å². The molecule has 4 N–H and O–H groups in total. The third kappa shape index (κ3) is 5.17. The molecule has 2 aromatic heterocycles. The third-order valence-corrected chi connectivity index (χ3v) is 6.73. The van der Waals surface area contributed by atoms with Gasteiger partial charge in [0.25, 0.3) is 11.8 Å². The highest BCUT2D eigenvalue weighted by molar-refractivity contribution is 5.95. The summed E-state index contributed by atoms with van der Waals surface area (Å²) < 4.78 is 5.62. The van der Waals surface area contributed by atoms with E-state index in [0.717, 1.165) is 5.56 Å². The van der Waals surface area contributed by atoms with Crippen LogP contribution in [0.3, 0.4) is 0 Å². The van der Waals surface area contributed by atoms with Crippen LogP contribution in [0.25, 0.3) is 22.7 Å². The van der Waals surface area contributed by atoms with Crippen LogP contribution >= 0.6 is 0 Å². The molecule has 188 valence electrons. The number of rotatable bonds is 10. The summed E-state index contributed by atoms with van der Waals surface area (Å²) in [7, 11) is 0. The average molecular weight is 492 g/mol. The quantitative estimate of drug-likeness (QED) is 0.339. The van der Waals surface area contributed by atoms with Gasteiger partial charge in [0.2, 0.25) is 11.7 Å². The summed E-state index contributed by atoms with van der Waals surface area (Å²) in [4.78, 5) is 40.8. The second-order valence-electron chi connectivity index (χ2n) is 9.98. The first-order valence-electron chi connectivity index (χ1n) is 12.3. The molecule has 2 saturated carbocycles. The number of oxazole rings is 1. The minimum Gasteiger partial charge on any atom is -0.480 e. The van der Waals surface area contributed by atoms with E-state index in [-0.39, 0.29) is 29.5 Å². The highest BCUT2D eigenvalue weighted by atomic mass is 16.4. The van der Waals surface area contributed by atoms with Crippen LogP contribution in [-0.4, -0.2) is 50.2 Å². The van der Waals surface area contributed by atoms with Gasteiger partial charge in [-0.1, -0.05) is 26.0 Å². The zero-order valence-electron chi connectivity index (χ0n) is 20.2. The van der Waals surface area contributed by atoms with Crippen LogP contribution in [0.1, 0.15) is 60.6 Å². The number of H-pyrrole nitrogens is 1. The Kier molecular flexibility index (Phi) is 6.34. The smallest absolute Gasteiger partial charge is 0.326 e. The number of benzene rings is 1. The Morgan fingerprint density at radius 2 is 1.72 bits per heavy atom. The van der Waals surface area contributed by atoms with Crippen molar-refractivity contribution < 1.29 is 23.9 Å². The molecular weight excluding hydrogens is 462 g/mol. The second-order valence-corrected chi connectivity index (χ2v) is 9.98. The van der Waals surface area contributed by atoms with E-state index in [1.54, 1.807) is 38.1 Å². The molecule has 10 heteroatoms. The molecule has 1 aromatic carbocycles. The molecule has 0 bridgehead atoms. The third-order valence-electron chi connectivity index (χ3n) is 6.73. The van der Waals surface area contributed by atoms with E-state index in [9.17, 15) is 19.5 Å². The molecule has 2 heterocycles. The average Bonchev–Trinajstić information content (AvgIpc) is 3.78. The van der Waals surface area contributed by atoms with Crippen molar-refractivity contribution in [3.05, 3.63) is 48.0 Å². The zero-order chi connectivity index (χ0) is 25.4. The summed E-state index contributed by atoms with van der Waals surface area (Å²) in [6, 6.07) is 8.18. The van der Waals surface area contributed by atoms with Gasteiger partial charge in [0.1, 0.15) is 11.7 Å². The van der Waals surface area contributed by atoms with Gasteiger partial charge >= 0.3 is 5.97 Å². The maximum Gasteiger partial charge on any atom is 0.326 e. The maximum absolute atomic E-state index is 12.8. The number of amides is 2. The molecule has 2 fully saturated rings. The fourth-order valence-corrected chi connectivity index (χ4v) is 4.40. The number of aromatic nitrogens is 3. The van der Waals surface area contributed by atoms with Crippen molar-refractivity contribution in [2.45, 2.75) is 51.6 Å². The predicted molar refractivity (Wildman–Crippen MR) is 130 cm³/mol. The molecule has 1 unspecified atom stereocenters. The number of aliphatic carboxylic acids is 1. The standard InChI is InChI=1S/C26H29N5O5/c1-13(2)21(26(34)35)28-24(33)20-12-27-25(36-20)17-5-3-4-16(10-17)18-11-19(31-30-18)23(32)29-22(14-6-7-14)15-8-9-15/h3-5,10-15,21-22H,6-9H2,1-2H3,(H,28,33)(H,29,32)(H,30,31)(H,34,35). The fraction of sp³-hybridized carbons (Fsp3) is 0.423. The van der Waals surface area contributed by atoms with Crippen molar-refractivity contribution in [1.29, 1.82) is 0 Å². The van der Waals surface area contributed by atoms with E-state index in [2.05, 4.69) is 25.8 Å². The van der Waals surface area contributed by atoms with Gasteiger partial charge in [0, 0.05) is 17.2 Å². The molecule has 10 nitrogen and oxygen atoms in total. The molecule has 3 aromatic rings. The second kappa shape index (κ2) is 9.60. The summed E-state index contributed by atoms with van der Waals surface area (Å²) in [5, 5.41) is 22.1. The number of nitrogens with zero attached hydrogens (tertiary/aromatic N) is 2. The Bertz CT molecular complexity index is 1280. The van der Waals surface area contributed by atoms with E-state index in [0.29, 0.717) is 28.8 Å². The number of hydrogen-bond acceptors (Lipinski definition) is 6.